The molecule has 3 aromatic rings. The van der Waals surface area contributed by atoms with Gasteiger partial charge in [0.05, 0.1) is 11.3 Å². The van der Waals surface area contributed by atoms with Crippen LogP contribution in [0.3, 0.4) is 0 Å². The Bertz CT molecular complexity index is 1030. The van der Waals surface area contributed by atoms with Crippen LogP contribution in [-0.2, 0) is 0 Å². The van der Waals surface area contributed by atoms with E-state index in [1.54, 1.807) is 41.6 Å². The fraction of sp³-hybridized carbons (Fsp3) is 0.238. The van der Waals surface area contributed by atoms with Crippen LogP contribution < -0.4 is 5.32 Å². The van der Waals surface area contributed by atoms with Crippen LogP contribution in [0.2, 0.25) is 5.15 Å². The number of hydrogen-bond donors (Lipinski definition) is 1. The summed E-state index contributed by atoms with van der Waals surface area (Å²) in [6, 6.07) is 11.4. The molecule has 1 aromatic carbocycles. The van der Waals surface area contributed by atoms with E-state index in [1.807, 2.05) is 6.07 Å². The lowest BCUT2D eigenvalue weighted by atomic mass is 9.94. The molecule has 29 heavy (non-hydrogen) atoms. The third kappa shape index (κ3) is 4.51. The highest BCUT2D eigenvalue weighted by Gasteiger charge is 2.27. The molecule has 8 heteroatoms. The van der Waals surface area contributed by atoms with E-state index in [9.17, 15) is 9.18 Å². The van der Waals surface area contributed by atoms with Crippen molar-refractivity contribution in [3.8, 4) is 0 Å². The first-order chi connectivity index (χ1) is 14.1. The molecule has 6 nitrogen and oxygen atoms in total. The third-order valence-electron chi connectivity index (χ3n) is 4.87. The quantitative estimate of drug-likeness (QED) is 0.643. The molecule has 0 saturated carbocycles. The van der Waals surface area contributed by atoms with Crippen molar-refractivity contribution in [2.24, 2.45) is 0 Å². The number of carbonyl (C=O) groups is 1. The predicted molar refractivity (Wildman–Crippen MR) is 109 cm³/mol. The van der Waals surface area contributed by atoms with E-state index >= 15 is 0 Å². The first-order valence-electron chi connectivity index (χ1n) is 9.35. The largest absolute Gasteiger partial charge is 0.338 e. The average molecular weight is 412 g/mol. The number of halogens is 2. The highest BCUT2D eigenvalue weighted by atomic mass is 35.5. The van der Waals surface area contributed by atoms with Gasteiger partial charge in [0, 0.05) is 37.1 Å². The van der Waals surface area contributed by atoms with E-state index in [2.05, 4.69) is 20.3 Å². The molecule has 1 aliphatic rings. The molecule has 2 aromatic heterocycles. The van der Waals surface area contributed by atoms with E-state index in [0.717, 1.165) is 18.5 Å². The second kappa shape index (κ2) is 8.53. The summed E-state index contributed by atoms with van der Waals surface area (Å²) in [5, 5.41) is 3.23. The zero-order valence-corrected chi connectivity index (χ0v) is 16.3. The minimum absolute atomic E-state index is 0.0826. The standard InChI is InChI=1S/C21H19ClFN5O/c22-19-17(7-2-9-24-19)20(29)28-11-3-4-14(13-28)18-8-10-25-21(27-18)26-16-6-1-5-15(23)12-16/h1-2,5-10,12,14H,3-4,11,13H2,(H,25,26,27)/t14-/m1/s1. The number of likely N-dealkylation sites (tertiary alicyclic amines) is 1. The normalized spacial score (nSPS) is 16.5. The lowest BCUT2D eigenvalue weighted by Gasteiger charge is -2.32. The number of anilines is 2. The molecule has 0 radical (unpaired) electrons. The smallest absolute Gasteiger partial charge is 0.257 e. The fourth-order valence-corrected chi connectivity index (χ4v) is 3.67. The van der Waals surface area contributed by atoms with Crippen molar-refractivity contribution in [2.75, 3.05) is 18.4 Å². The van der Waals surface area contributed by atoms with Gasteiger partial charge >= 0.3 is 0 Å². The minimum Gasteiger partial charge on any atom is -0.338 e. The van der Waals surface area contributed by atoms with E-state index in [0.29, 0.717) is 30.3 Å². The summed E-state index contributed by atoms with van der Waals surface area (Å²) in [4.78, 5) is 27.4. The molecule has 0 bridgehead atoms. The van der Waals surface area contributed by atoms with Gasteiger partial charge in [-0.3, -0.25) is 4.79 Å². The van der Waals surface area contributed by atoms with Crippen LogP contribution in [0.25, 0.3) is 0 Å². The number of benzene rings is 1. The maximum absolute atomic E-state index is 13.4. The Morgan fingerprint density at radius 3 is 2.90 bits per heavy atom. The van der Waals surface area contributed by atoms with Crippen molar-refractivity contribution >= 4 is 29.1 Å². The molecule has 1 aliphatic heterocycles. The summed E-state index contributed by atoms with van der Waals surface area (Å²) in [5.41, 5.74) is 1.83. The average Bonchev–Trinajstić information content (AvgIpc) is 2.74. The zero-order chi connectivity index (χ0) is 20.2. The molecule has 3 heterocycles. The van der Waals surface area contributed by atoms with Crippen LogP contribution in [0.4, 0.5) is 16.0 Å². The minimum atomic E-state index is -0.332. The Morgan fingerprint density at radius 1 is 1.17 bits per heavy atom. The number of aromatic nitrogens is 3. The van der Waals surface area contributed by atoms with Gasteiger partial charge in [-0.2, -0.15) is 0 Å². The molecular formula is C21H19ClFN5O. The monoisotopic (exact) mass is 411 g/mol. The van der Waals surface area contributed by atoms with Crippen LogP contribution in [0, 0.1) is 5.82 Å². The summed E-state index contributed by atoms with van der Waals surface area (Å²) in [7, 11) is 0. The second-order valence-corrected chi connectivity index (χ2v) is 7.23. The lowest BCUT2D eigenvalue weighted by Crippen LogP contribution is -2.39. The van der Waals surface area contributed by atoms with Crippen molar-refractivity contribution in [2.45, 2.75) is 18.8 Å². The molecule has 148 valence electrons. The molecule has 0 unspecified atom stereocenters. The van der Waals surface area contributed by atoms with Gasteiger partial charge in [0.2, 0.25) is 5.95 Å². The van der Waals surface area contributed by atoms with Gasteiger partial charge in [0.1, 0.15) is 11.0 Å². The van der Waals surface area contributed by atoms with Crippen LogP contribution in [0.5, 0.6) is 0 Å². The van der Waals surface area contributed by atoms with Crippen molar-refractivity contribution in [3.05, 3.63) is 77.1 Å². The summed E-state index contributed by atoms with van der Waals surface area (Å²) in [6.45, 7) is 1.21. The van der Waals surface area contributed by atoms with Crippen LogP contribution in [-0.4, -0.2) is 38.8 Å². The van der Waals surface area contributed by atoms with Gasteiger partial charge in [-0.1, -0.05) is 17.7 Å². The van der Waals surface area contributed by atoms with Crippen molar-refractivity contribution < 1.29 is 9.18 Å². The number of carbonyl (C=O) groups excluding carboxylic acids is 1. The van der Waals surface area contributed by atoms with Gasteiger partial charge in [0.15, 0.2) is 0 Å². The molecule has 1 saturated heterocycles. The molecular weight excluding hydrogens is 393 g/mol. The Morgan fingerprint density at radius 2 is 2.07 bits per heavy atom. The van der Waals surface area contributed by atoms with E-state index < -0.39 is 0 Å². The SMILES string of the molecule is O=C(c1cccnc1Cl)N1CCC[C@@H](c2ccnc(Nc3cccc(F)c3)n2)C1. The molecule has 0 aliphatic carbocycles. The zero-order valence-electron chi connectivity index (χ0n) is 15.6. The van der Waals surface area contributed by atoms with Gasteiger partial charge < -0.3 is 10.2 Å². The molecule has 1 atom stereocenters. The van der Waals surface area contributed by atoms with Gasteiger partial charge in [0.25, 0.3) is 5.91 Å². The second-order valence-electron chi connectivity index (χ2n) is 6.87. The number of rotatable bonds is 4. The number of piperidine rings is 1. The van der Waals surface area contributed by atoms with E-state index in [4.69, 9.17) is 11.6 Å². The van der Waals surface area contributed by atoms with Crippen LogP contribution in [0.1, 0.15) is 34.8 Å². The maximum Gasteiger partial charge on any atom is 0.257 e. The molecule has 1 amide bonds. The topological polar surface area (TPSA) is 71.0 Å². The lowest BCUT2D eigenvalue weighted by molar-refractivity contribution is 0.0705. The van der Waals surface area contributed by atoms with Crippen molar-refractivity contribution in [1.29, 1.82) is 0 Å². The number of pyridine rings is 1. The molecule has 0 spiro atoms. The van der Waals surface area contributed by atoms with Crippen LogP contribution >= 0.6 is 11.6 Å². The number of amides is 1. The Balaban J connectivity index is 1.50. The Hall–Kier alpha value is -3.06. The third-order valence-corrected chi connectivity index (χ3v) is 5.18. The molecule has 1 N–H and O–H groups in total. The maximum atomic E-state index is 13.4. The van der Waals surface area contributed by atoms with Crippen LogP contribution in [0.15, 0.2) is 54.9 Å². The van der Waals surface area contributed by atoms with Crippen molar-refractivity contribution in [1.82, 2.24) is 19.9 Å². The highest BCUT2D eigenvalue weighted by molar-refractivity contribution is 6.32. The van der Waals surface area contributed by atoms with Crippen molar-refractivity contribution in [3.63, 3.8) is 0 Å². The molecule has 4 rings (SSSR count). The Labute approximate surface area is 172 Å². The summed E-state index contributed by atoms with van der Waals surface area (Å²) in [5.74, 6) is 0.0210. The number of hydrogen-bond acceptors (Lipinski definition) is 5. The first-order valence-corrected chi connectivity index (χ1v) is 9.73. The predicted octanol–water partition coefficient (Wildman–Crippen LogP) is 4.43. The highest BCUT2D eigenvalue weighted by Crippen LogP contribution is 2.28. The van der Waals surface area contributed by atoms with Gasteiger partial charge in [-0.25, -0.2) is 19.3 Å². The Kier molecular flexibility index (Phi) is 5.67. The van der Waals surface area contributed by atoms with Gasteiger partial charge in [-0.15, -0.1) is 0 Å². The molecule has 1 fully saturated rings. The number of nitrogens with zero attached hydrogens (tertiary/aromatic N) is 4. The summed E-state index contributed by atoms with van der Waals surface area (Å²) >= 11 is 6.09. The first kappa shape index (κ1) is 19.3. The summed E-state index contributed by atoms with van der Waals surface area (Å²) in [6.07, 6.45) is 5.01. The number of nitrogens with one attached hydrogen (secondary N) is 1. The fourth-order valence-electron chi connectivity index (χ4n) is 3.47. The van der Waals surface area contributed by atoms with E-state index in [1.165, 1.54) is 12.1 Å². The summed E-state index contributed by atoms with van der Waals surface area (Å²) < 4.78 is 13.4. The van der Waals surface area contributed by atoms with Gasteiger partial charge in [-0.05, 0) is 49.2 Å². The van der Waals surface area contributed by atoms with E-state index in [-0.39, 0.29) is 22.8 Å².